The average Bonchev–Trinajstić information content (AvgIpc) is 2.42. The van der Waals surface area contributed by atoms with Crippen molar-refractivity contribution in [2.45, 2.75) is 11.8 Å². The van der Waals surface area contributed by atoms with Gasteiger partial charge in [-0.05, 0) is 36.8 Å². The lowest BCUT2D eigenvalue weighted by molar-refractivity contribution is 0.402. The van der Waals surface area contributed by atoms with Crippen molar-refractivity contribution < 1.29 is 21.9 Å². The summed E-state index contributed by atoms with van der Waals surface area (Å²) in [5.74, 6) is -1.50. The first kappa shape index (κ1) is 15.2. The number of benzene rings is 2. The Morgan fingerprint density at radius 3 is 2.48 bits per heavy atom. The molecule has 0 aliphatic carbocycles. The van der Waals surface area contributed by atoms with Gasteiger partial charge in [0, 0.05) is 6.07 Å². The number of nitrogens with one attached hydrogen (secondary N) is 1. The van der Waals surface area contributed by atoms with Crippen LogP contribution in [0.4, 0.5) is 14.5 Å². The highest BCUT2D eigenvalue weighted by atomic mass is 32.2. The summed E-state index contributed by atoms with van der Waals surface area (Å²) in [4.78, 5) is -0.145. The minimum absolute atomic E-state index is 0.116. The summed E-state index contributed by atoms with van der Waals surface area (Å²) < 4.78 is 58.3. The maximum Gasteiger partial charge on any atom is 0.265 e. The van der Waals surface area contributed by atoms with Gasteiger partial charge in [-0.15, -0.1) is 0 Å². The van der Waals surface area contributed by atoms with Crippen LogP contribution >= 0.6 is 0 Å². The van der Waals surface area contributed by atoms with E-state index in [1.54, 1.807) is 13.0 Å². The number of hydrogen-bond donors (Lipinski definition) is 1. The zero-order valence-electron chi connectivity index (χ0n) is 11.4. The van der Waals surface area contributed by atoms with Crippen molar-refractivity contribution in [3.8, 4) is 5.75 Å². The third-order valence-corrected chi connectivity index (χ3v) is 4.17. The molecule has 4 nitrogen and oxygen atoms in total. The Bertz CT molecular complexity index is 776. The molecule has 0 saturated heterocycles. The number of rotatable bonds is 4. The molecule has 7 heteroatoms. The van der Waals surface area contributed by atoms with Crippen LogP contribution in [0.3, 0.4) is 0 Å². The maximum atomic E-state index is 13.6. The van der Waals surface area contributed by atoms with E-state index in [-0.39, 0.29) is 10.6 Å². The van der Waals surface area contributed by atoms with Gasteiger partial charge in [0.05, 0.1) is 12.8 Å². The molecule has 2 aromatic rings. The van der Waals surface area contributed by atoms with Gasteiger partial charge in [0.2, 0.25) is 0 Å². The number of anilines is 1. The van der Waals surface area contributed by atoms with Crippen LogP contribution in [0.2, 0.25) is 0 Å². The molecule has 0 aromatic heterocycles. The van der Waals surface area contributed by atoms with Gasteiger partial charge < -0.3 is 4.74 Å². The number of aryl methyl sites for hydroxylation is 1. The summed E-state index contributed by atoms with van der Waals surface area (Å²) in [6.07, 6.45) is 0. The van der Waals surface area contributed by atoms with E-state index in [4.69, 9.17) is 4.74 Å². The summed E-state index contributed by atoms with van der Waals surface area (Å²) in [7, 11) is -2.77. The molecule has 0 bridgehead atoms. The Labute approximate surface area is 121 Å². The SMILES string of the molecule is COc1ccc(C)cc1S(=O)(=O)Nc1cc(F)ccc1F. The fourth-order valence-electron chi connectivity index (χ4n) is 1.77. The van der Waals surface area contributed by atoms with Crippen LogP contribution in [-0.4, -0.2) is 15.5 Å². The predicted octanol–water partition coefficient (Wildman–Crippen LogP) is 3.08. The van der Waals surface area contributed by atoms with E-state index in [9.17, 15) is 17.2 Å². The number of ether oxygens (including phenoxy) is 1. The molecule has 2 rings (SSSR count). The molecule has 0 aliphatic heterocycles. The lowest BCUT2D eigenvalue weighted by Gasteiger charge is -2.12. The summed E-state index contributed by atoms with van der Waals surface area (Å²) in [5, 5.41) is 0. The van der Waals surface area contributed by atoms with E-state index in [1.807, 2.05) is 4.72 Å². The second-order valence-corrected chi connectivity index (χ2v) is 6.03. The van der Waals surface area contributed by atoms with Crippen LogP contribution in [0, 0.1) is 18.6 Å². The van der Waals surface area contributed by atoms with Crippen molar-refractivity contribution in [1.29, 1.82) is 0 Å². The summed E-state index contributed by atoms with van der Waals surface area (Å²) in [6.45, 7) is 1.71. The molecule has 1 N–H and O–H groups in total. The number of hydrogen-bond acceptors (Lipinski definition) is 3. The summed E-state index contributed by atoms with van der Waals surface area (Å²) >= 11 is 0. The normalized spacial score (nSPS) is 11.2. The molecule has 0 atom stereocenters. The molecule has 21 heavy (non-hydrogen) atoms. The molecule has 0 amide bonds. The largest absolute Gasteiger partial charge is 0.495 e. The summed E-state index contributed by atoms with van der Waals surface area (Å²) in [6, 6.07) is 7.08. The molecule has 0 aliphatic rings. The van der Waals surface area contributed by atoms with Crippen molar-refractivity contribution in [3.63, 3.8) is 0 Å². The topological polar surface area (TPSA) is 55.4 Å². The second-order valence-electron chi connectivity index (χ2n) is 4.38. The molecule has 0 radical (unpaired) electrons. The average molecular weight is 313 g/mol. The highest BCUT2D eigenvalue weighted by Crippen LogP contribution is 2.27. The van der Waals surface area contributed by atoms with Gasteiger partial charge >= 0.3 is 0 Å². The lowest BCUT2D eigenvalue weighted by atomic mass is 10.2. The van der Waals surface area contributed by atoms with E-state index in [0.717, 1.165) is 18.2 Å². The molecule has 0 fully saturated rings. The van der Waals surface area contributed by atoms with Gasteiger partial charge in [0.25, 0.3) is 10.0 Å². The highest BCUT2D eigenvalue weighted by Gasteiger charge is 2.21. The third-order valence-electron chi connectivity index (χ3n) is 2.78. The quantitative estimate of drug-likeness (QED) is 0.944. The van der Waals surface area contributed by atoms with Crippen LogP contribution in [-0.2, 0) is 10.0 Å². The first-order valence-electron chi connectivity index (χ1n) is 5.96. The maximum absolute atomic E-state index is 13.6. The minimum atomic E-state index is -4.10. The van der Waals surface area contributed by atoms with Crippen molar-refractivity contribution >= 4 is 15.7 Å². The molecule has 0 spiro atoms. The molecule has 2 aromatic carbocycles. The van der Waals surface area contributed by atoms with Gasteiger partial charge in [-0.3, -0.25) is 4.72 Å². The fraction of sp³-hybridized carbons (Fsp3) is 0.143. The fourth-order valence-corrected chi connectivity index (χ4v) is 3.08. The monoisotopic (exact) mass is 313 g/mol. The van der Waals surface area contributed by atoms with Gasteiger partial charge in [-0.1, -0.05) is 6.07 Å². The molecular formula is C14H13F2NO3S. The molecule has 0 saturated carbocycles. The standard InChI is InChI=1S/C14H13F2NO3S/c1-9-3-6-13(20-2)14(7-9)21(18,19)17-12-8-10(15)4-5-11(12)16/h3-8,17H,1-2H3. The van der Waals surface area contributed by atoms with Gasteiger partial charge in [0.1, 0.15) is 22.3 Å². The lowest BCUT2D eigenvalue weighted by Crippen LogP contribution is -2.15. The molecule has 0 unspecified atom stereocenters. The zero-order valence-corrected chi connectivity index (χ0v) is 12.2. The van der Waals surface area contributed by atoms with E-state index < -0.39 is 27.3 Å². The number of methoxy groups -OCH3 is 1. The van der Waals surface area contributed by atoms with Crippen LogP contribution in [0.15, 0.2) is 41.3 Å². The van der Waals surface area contributed by atoms with Gasteiger partial charge in [-0.2, -0.15) is 0 Å². The molecule has 0 heterocycles. The Balaban J connectivity index is 2.48. The zero-order chi connectivity index (χ0) is 15.6. The van der Waals surface area contributed by atoms with Gasteiger partial charge in [0.15, 0.2) is 0 Å². The van der Waals surface area contributed by atoms with E-state index in [2.05, 4.69) is 0 Å². The minimum Gasteiger partial charge on any atom is -0.495 e. The first-order valence-corrected chi connectivity index (χ1v) is 7.44. The Hall–Kier alpha value is -2.15. The highest BCUT2D eigenvalue weighted by molar-refractivity contribution is 7.92. The van der Waals surface area contributed by atoms with Gasteiger partial charge in [-0.25, -0.2) is 17.2 Å². The van der Waals surface area contributed by atoms with Crippen LogP contribution in [0.1, 0.15) is 5.56 Å². The van der Waals surface area contributed by atoms with Crippen LogP contribution in [0.5, 0.6) is 5.75 Å². The Morgan fingerprint density at radius 1 is 1.10 bits per heavy atom. The Kier molecular flexibility index (Phi) is 4.13. The number of sulfonamides is 1. The smallest absolute Gasteiger partial charge is 0.265 e. The van der Waals surface area contributed by atoms with E-state index in [1.165, 1.54) is 19.2 Å². The summed E-state index contributed by atoms with van der Waals surface area (Å²) in [5.41, 5.74) is 0.231. The first-order chi connectivity index (χ1) is 9.83. The van der Waals surface area contributed by atoms with Crippen LogP contribution in [0.25, 0.3) is 0 Å². The molecule has 112 valence electrons. The van der Waals surface area contributed by atoms with E-state index in [0.29, 0.717) is 5.56 Å². The molecular weight excluding hydrogens is 300 g/mol. The number of halogens is 2. The van der Waals surface area contributed by atoms with Crippen molar-refractivity contribution in [3.05, 3.63) is 53.6 Å². The second kappa shape index (κ2) is 5.69. The van der Waals surface area contributed by atoms with Crippen LogP contribution < -0.4 is 9.46 Å². The predicted molar refractivity (Wildman–Crippen MR) is 74.9 cm³/mol. The third kappa shape index (κ3) is 3.30. The Morgan fingerprint density at radius 2 is 1.81 bits per heavy atom. The van der Waals surface area contributed by atoms with Crippen molar-refractivity contribution in [2.24, 2.45) is 0 Å². The van der Waals surface area contributed by atoms with Crippen molar-refractivity contribution in [2.75, 3.05) is 11.8 Å². The van der Waals surface area contributed by atoms with Crippen molar-refractivity contribution in [1.82, 2.24) is 0 Å². The van der Waals surface area contributed by atoms with E-state index >= 15 is 0 Å².